The molecule has 45 heavy (non-hydrogen) atoms. The Morgan fingerprint density at radius 1 is 1.09 bits per heavy atom. The summed E-state index contributed by atoms with van der Waals surface area (Å²) in [5.74, 6) is -3.70. The molecule has 7 rings (SSSR count). The molecule has 2 aromatic rings. The molecule has 236 valence electrons. The Morgan fingerprint density at radius 3 is 2.60 bits per heavy atom. The molecule has 4 heterocycles. The van der Waals surface area contributed by atoms with Crippen LogP contribution < -0.4 is 27.0 Å². The summed E-state index contributed by atoms with van der Waals surface area (Å²) in [4.78, 5) is 52.9. The van der Waals surface area contributed by atoms with Crippen molar-refractivity contribution in [2.75, 3.05) is 24.5 Å². The number of benzene rings is 2. The maximum atomic E-state index is 13.7. The van der Waals surface area contributed by atoms with E-state index in [1.807, 2.05) is 18.2 Å². The van der Waals surface area contributed by atoms with E-state index in [1.54, 1.807) is 30.3 Å². The molecule has 4 amide bonds. The fourth-order valence-electron chi connectivity index (χ4n) is 7.56. The average Bonchev–Trinajstić information content (AvgIpc) is 3.57. The van der Waals surface area contributed by atoms with E-state index in [-0.39, 0.29) is 37.0 Å². The van der Waals surface area contributed by atoms with Crippen LogP contribution in [0.4, 0.5) is 10.5 Å². The number of rotatable bonds is 5. The number of aliphatic imine (C=N–C) groups is 2. The lowest BCUT2D eigenvalue weighted by atomic mass is 9.73. The molecule has 8 N–H and O–H groups in total. The predicted octanol–water partition coefficient (Wildman–Crippen LogP) is -0.555. The standard InChI is InChI=1S/C31H37N9O5/c1-29(2)12-11-19-17(13-29)7-6-10-20(19)25(42)35-22-15-40-27(33)34-21(24-30(40,31(22,44)45)37-26(32)36-24)14-39-23(41)16-38(28(39)43)18-8-4-3-5-9-18/h3-10,21-22,24,44-45H,11-16H2,1-2H3,(H2,33,34)(H,35,42)(H3,32,36,37)/t21-,22?,24?,30?/m0/s1. The van der Waals surface area contributed by atoms with Crippen molar-refractivity contribution in [3.05, 3.63) is 65.2 Å². The van der Waals surface area contributed by atoms with Crippen molar-refractivity contribution in [2.45, 2.75) is 62.7 Å². The summed E-state index contributed by atoms with van der Waals surface area (Å²) in [5.41, 5.74) is 14.0. The quantitative estimate of drug-likeness (QED) is 0.188. The lowest BCUT2D eigenvalue weighted by molar-refractivity contribution is -0.230. The van der Waals surface area contributed by atoms with E-state index in [9.17, 15) is 24.6 Å². The summed E-state index contributed by atoms with van der Waals surface area (Å²) in [7, 11) is 0. The lowest BCUT2D eigenvalue weighted by Gasteiger charge is -2.49. The molecular weight excluding hydrogens is 578 g/mol. The second-order valence-electron chi connectivity index (χ2n) is 13.3. The van der Waals surface area contributed by atoms with E-state index in [2.05, 4.69) is 34.5 Å². The van der Waals surface area contributed by atoms with Crippen molar-refractivity contribution >= 4 is 35.5 Å². The highest BCUT2D eigenvalue weighted by molar-refractivity contribution is 6.12. The van der Waals surface area contributed by atoms with Crippen LogP contribution in [0.1, 0.15) is 41.8 Å². The van der Waals surface area contributed by atoms with Gasteiger partial charge in [0.15, 0.2) is 17.6 Å². The van der Waals surface area contributed by atoms with Crippen LogP contribution in [-0.2, 0) is 17.6 Å². The molecule has 2 fully saturated rings. The number of imide groups is 1. The van der Waals surface area contributed by atoms with E-state index in [4.69, 9.17) is 11.5 Å². The van der Waals surface area contributed by atoms with E-state index in [0.29, 0.717) is 11.3 Å². The van der Waals surface area contributed by atoms with Crippen LogP contribution in [0.15, 0.2) is 58.5 Å². The Morgan fingerprint density at radius 2 is 1.84 bits per heavy atom. The number of carbonyl (C=O) groups is 3. The van der Waals surface area contributed by atoms with Gasteiger partial charge in [0.1, 0.15) is 18.6 Å². The van der Waals surface area contributed by atoms with Gasteiger partial charge in [-0.05, 0) is 54.0 Å². The average molecular weight is 616 g/mol. The molecule has 0 bridgehead atoms. The van der Waals surface area contributed by atoms with Gasteiger partial charge in [-0.2, -0.15) is 0 Å². The van der Waals surface area contributed by atoms with E-state index < -0.39 is 47.4 Å². The summed E-state index contributed by atoms with van der Waals surface area (Å²) in [6.07, 6.45) is 2.51. The molecule has 2 saturated heterocycles. The first kappa shape index (κ1) is 29.0. The number of para-hydroxylation sites is 1. The van der Waals surface area contributed by atoms with Gasteiger partial charge >= 0.3 is 6.03 Å². The molecule has 1 aliphatic carbocycles. The van der Waals surface area contributed by atoms with Crippen molar-refractivity contribution in [1.29, 1.82) is 0 Å². The lowest BCUT2D eigenvalue weighted by Crippen LogP contribution is -2.78. The molecule has 1 spiro atoms. The molecule has 14 nitrogen and oxygen atoms in total. The zero-order valence-electron chi connectivity index (χ0n) is 25.1. The number of carbonyl (C=O) groups excluding carboxylic acids is 3. The fourth-order valence-corrected chi connectivity index (χ4v) is 7.56. The monoisotopic (exact) mass is 615 g/mol. The molecule has 3 unspecified atom stereocenters. The van der Waals surface area contributed by atoms with Crippen LogP contribution in [0.3, 0.4) is 0 Å². The van der Waals surface area contributed by atoms with Gasteiger partial charge < -0.3 is 37.2 Å². The second-order valence-corrected chi connectivity index (χ2v) is 13.3. The van der Waals surface area contributed by atoms with Crippen LogP contribution in [0.2, 0.25) is 0 Å². The number of guanidine groups is 2. The topological polar surface area (TPSA) is 202 Å². The third-order valence-electron chi connectivity index (χ3n) is 9.84. The van der Waals surface area contributed by atoms with Gasteiger partial charge in [-0.1, -0.05) is 44.2 Å². The Hall–Kier alpha value is -4.69. The molecule has 2 aromatic carbocycles. The summed E-state index contributed by atoms with van der Waals surface area (Å²) in [6, 6.07) is 10.6. The Kier molecular flexibility index (Phi) is 6.39. The largest absolute Gasteiger partial charge is 0.370 e. The number of urea groups is 1. The number of nitrogens with zero attached hydrogens (tertiary/aromatic N) is 5. The number of nitrogens with one attached hydrogen (secondary N) is 2. The third kappa shape index (κ3) is 4.34. The van der Waals surface area contributed by atoms with Crippen molar-refractivity contribution in [2.24, 2.45) is 26.9 Å². The molecule has 14 heteroatoms. The smallest absolute Gasteiger partial charge is 0.331 e. The van der Waals surface area contributed by atoms with Crippen LogP contribution in [0, 0.1) is 5.41 Å². The van der Waals surface area contributed by atoms with E-state index in [1.165, 1.54) is 9.80 Å². The summed E-state index contributed by atoms with van der Waals surface area (Å²) in [6.45, 7) is 3.92. The Labute approximate surface area is 259 Å². The minimum atomic E-state index is -2.65. The third-order valence-corrected chi connectivity index (χ3v) is 9.84. The van der Waals surface area contributed by atoms with E-state index in [0.717, 1.165) is 35.3 Å². The number of fused-ring (bicyclic) bond motifs is 1. The maximum absolute atomic E-state index is 13.7. The number of nitrogens with two attached hydrogens (primary N) is 2. The Balaban J connectivity index is 1.16. The van der Waals surface area contributed by atoms with Crippen LogP contribution in [-0.4, -0.2) is 99.0 Å². The molecule has 0 aromatic heterocycles. The normalized spacial score (nSPS) is 29.4. The SMILES string of the molecule is CC1(C)CCc2c(cccc2C(=O)NC2CN3C(N)=N[C@@H](CN4C(=O)CN(c5ccccc5)C4=O)C4N=C(N)NC43C2(O)O)C1. The van der Waals surface area contributed by atoms with Crippen LogP contribution >= 0.6 is 0 Å². The van der Waals surface area contributed by atoms with Gasteiger partial charge in [0.05, 0.1) is 12.6 Å². The summed E-state index contributed by atoms with van der Waals surface area (Å²) >= 11 is 0. The number of hydrogen-bond acceptors (Lipinski definition) is 11. The van der Waals surface area contributed by atoms with Gasteiger partial charge in [0, 0.05) is 17.8 Å². The van der Waals surface area contributed by atoms with Crippen molar-refractivity contribution in [3.8, 4) is 0 Å². The molecule has 0 saturated carbocycles. The molecule has 5 aliphatic rings. The van der Waals surface area contributed by atoms with Crippen LogP contribution in [0.5, 0.6) is 0 Å². The Bertz CT molecular complexity index is 1660. The second kappa shape index (κ2) is 9.91. The first-order valence-corrected chi connectivity index (χ1v) is 15.1. The zero-order valence-corrected chi connectivity index (χ0v) is 25.1. The predicted molar refractivity (Wildman–Crippen MR) is 165 cm³/mol. The van der Waals surface area contributed by atoms with Gasteiger partial charge in [0.25, 0.3) is 11.8 Å². The van der Waals surface area contributed by atoms with Crippen LogP contribution in [0.25, 0.3) is 0 Å². The van der Waals surface area contributed by atoms with Gasteiger partial charge in [-0.25, -0.2) is 14.8 Å². The molecular formula is C31H37N9O5. The maximum Gasteiger partial charge on any atom is 0.331 e. The fraction of sp³-hybridized carbons (Fsp3) is 0.452. The van der Waals surface area contributed by atoms with E-state index >= 15 is 0 Å². The van der Waals surface area contributed by atoms with Crippen molar-refractivity contribution < 1.29 is 24.6 Å². The highest BCUT2D eigenvalue weighted by Crippen LogP contribution is 2.45. The number of aliphatic hydroxyl groups is 2. The van der Waals surface area contributed by atoms with Gasteiger partial charge in [0.2, 0.25) is 5.79 Å². The molecule has 4 atom stereocenters. The number of hydrogen-bond donors (Lipinski definition) is 6. The van der Waals surface area contributed by atoms with Crippen molar-refractivity contribution in [3.63, 3.8) is 0 Å². The molecule has 0 radical (unpaired) electrons. The highest BCUT2D eigenvalue weighted by atomic mass is 16.5. The number of anilines is 1. The van der Waals surface area contributed by atoms with Crippen molar-refractivity contribution in [1.82, 2.24) is 20.4 Å². The molecule has 4 aliphatic heterocycles. The highest BCUT2D eigenvalue weighted by Gasteiger charge is 2.73. The number of amides is 4. The van der Waals surface area contributed by atoms with Gasteiger partial charge in [-0.3, -0.25) is 19.4 Å². The minimum absolute atomic E-state index is 0.0730. The first-order chi connectivity index (χ1) is 21.3. The summed E-state index contributed by atoms with van der Waals surface area (Å²) < 4.78 is 0. The minimum Gasteiger partial charge on any atom is -0.370 e. The summed E-state index contributed by atoms with van der Waals surface area (Å²) in [5, 5.41) is 29.5. The first-order valence-electron chi connectivity index (χ1n) is 15.1. The zero-order chi connectivity index (χ0) is 31.9. The van der Waals surface area contributed by atoms with Gasteiger partial charge in [-0.15, -0.1) is 0 Å².